The molecule has 200 valence electrons. The first-order chi connectivity index (χ1) is 18.9. The van der Waals surface area contributed by atoms with Gasteiger partial charge in [-0.2, -0.15) is 0 Å². The summed E-state index contributed by atoms with van der Waals surface area (Å²) < 4.78 is 0.627. The van der Waals surface area contributed by atoms with Crippen LogP contribution in [0.1, 0.15) is 46.2 Å². The number of aromatic nitrogens is 1. The van der Waals surface area contributed by atoms with Crippen molar-refractivity contribution in [3.05, 3.63) is 75.9 Å². The molecule has 3 heterocycles. The quantitative estimate of drug-likeness (QED) is 0.293. The van der Waals surface area contributed by atoms with Gasteiger partial charge in [-0.15, -0.1) is 11.3 Å². The Labute approximate surface area is 241 Å². The van der Waals surface area contributed by atoms with Crippen molar-refractivity contribution in [2.24, 2.45) is 0 Å². The Bertz CT molecular complexity index is 1440. The van der Waals surface area contributed by atoms with Gasteiger partial charge in [-0.05, 0) is 37.5 Å². The van der Waals surface area contributed by atoms with Crippen LogP contribution >= 0.6 is 35.3 Å². The number of nitrogens with zero attached hydrogens (tertiary/aromatic N) is 3. The zero-order valence-corrected chi connectivity index (χ0v) is 24.0. The SMILES string of the molecule is Cc1ccc(NC(=O)c2csc(C3CCN(C(=O)CCN4C(=S)SCC4=C=O)CC3)n2)c(-c2ccccc2)c1. The van der Waals surface area contributed by atoms with Crippen LogP contribution in [0.15, 0.2) is 59.6 Å². The van der Waals surface area contributed by atoms with Gasteiger partial charge >= 0.3 is 0 Å². The van der Waals surface area contributed by atoms with Crippen molar-refractivity contribution in [2.45, 2.75) is 32.1 Å². The Morgan fingerprint density at radius 3 is 2.67 bits per heavy atom. The van der Waals surface area contributed by atoms with E-state index < -0.39 is 0 Å². The van der Waals surface area contributed by atoms with Crippen LogP contribution < -0.4 is 5.32 Å². The van der Waals surface area contributed by atoms with Crippen LogP contribution in [0.25, 0.3) is 11.1 Å². The second-order valence-corrected chi connectivity index (χ2v) is 12.1. The highest BCUT2D eigenvalue weighted by molar-refractivity contribution is 8.23. The van der Waals surface area contributed by atoms with Crippen LogP contribution in [0.2, 0.25) is 0 Å². The number of carbonyl (C=O) groups excluding carboxylic acids is 3. The van der Waals surface area contributed by atoms with Gasteiger partial charge in [-0.1, -0.05) is 65.9 Å². The van der Waals surface area contributed by atoms with E-state index in [1.54, 1.807) is 4.90 Å². The maximum absolute atomic E-state index is 13.1. The van der Waals surface area contributed by atoms with E-state index in [-0.39, 0.29) is 17.7 Å². The molecule has 39 heavy (non-hydrogen) atoms. The third kappa shape index (κ3) is 6.31. The molecule has 10 heteroatoms. The minimum Gasteiger partial charge on any atom is -0.343 e. The fourth-order valence-electron chi connectivity index (χ4n) is 4.84. The molecule has 0 saturated carbocycles. The Balaban J connectivity index is 1.17. The van der Waals surface area contributed by atoms with E-state index in [0.29, 0.717) is 47.5 Å². The summed E-state index contributed by atoms with van der Waals surface area (Å²) in [7, 11) is 0. The number of amides is 2. The molecule has 3 aromatic rings. The molecule has 2 aromatic carbocycles. The van der Waals surface area contributed by atoms with Crippen LogP contribution in [0.3, 0.4) is 0 Å². The Morgan fingerprint density at radius 2 is 1.92 bits per heavy atom. The first-order valence-corrected chi connectivity index (χ1v) is 15.1. The van der Waals surface area contributed by atoms with E-state index >= 15 is 0 Å². The molecular weight excluding hydrogens is 549 g/mol. The van der Waals surface area contributed by atoms with E-state index in [1.807, 2.05) is 65.6 Å². The van der Waals surface area contributed by atoms with Gasteiger partial charge in [0.1, 0.15) is 21.7 Å². The first-order valence-electron chi connectivity index (χ1n) is 12.8. The highest BCUT2D eigenvalue weighted by Gasteiger charge is 2.29. The summed E-state index contributed by atoms with van der Waals surface area (Å²) in [6.45, 7) is 3.73. The molecule has 1 N–H and O–H groups in total. The number of hydrogen-bond acceptors (Lipinski definition) is 7. The molecule has 2 aliphatic rings. The number of likely N-dealkylation sites (tertiary alicyclic amines) is 1. The van der Waals surface area contributed by atoms with Crippen LogP contribution in [0, 0.1) is 6.92 Å². The van der Waals surface area contributed by atoms with E-state index in [9.17, 15) is 14.4 Å². The first kappa shape index (κ1) is 27.3. The van der Waals surface area contributed by atoms with Gasteiger partial charge in [0.25, 0.3) is 5.91 Å². The molecule has 0 aliphatic carbocycles. The minimum atomic E-state index is -0.229. The molecule has 0 spiro atoms. The number of anilines is 1. The number of nitrogens with one attached hydrogen (secondary N) is 1. The van der Waals surface area contributed by atoms with Crippen LogP contribution in [-0.4, -0.2) is 62.2 Å². The lowest BCUT2D eigenvalue weighted by Crippen LogP contribution is -2.39. The average Bonchev–Trinajstić information content (AvgIpc) is 3.60. The molecule has 0 bridgehead atoms. The lowest BCUT2D eigenvalue weighted by atomic mass is 9.97. The molecule has 2 amide bonds. The number of aryl methyl sites for hydroxylation is 1. The number of thiazole rings is 1. The lowest BCUT2D eigenvalue weighted by Gasteiger charge is -2.31. The van der Waals surface area contributed by atoms with Gasteiger partial charge in [0.05, 0.1) is 10.8 Å². The van der Waals surface area contributed by atoms with Crippen LogP contribution in [0.5, 0.6) is 0 Å². The monoisotopic (exact) mass is 576 g/mol. The summed E-state index contributed by atoms with van der Waals surface area (Å²) in [4.78, 5) is 45.3. The number of piperidine rings is 1. The molecule has 0 unspecified atom stereocenters. The molecular formula is C29H28N4O3S3. The highest BCUT2D eigenvalue weighted by Crippen LogP contribution is 2.33. The Morgan fingerprint density at radius 1 is 1.15 bits per heavy atom. The van der Waals surface area contributed by atoms with Crippen molar-refractivity contribution in [3.8, 4) is 11.1 Å². The molecule has 7 nitrogen and oxygen atoms in total. The van der Waals surface area contributed by atoms with Crippen molar-refractivity contribution in [2.75, 3.05) is 30.7 Å². The lowest BCUT2D eigenvalue weighted by molar-refractivity contribution is -0.132. The summed E-state index contributed by atoms with van der Waals surface area (Å²) in [5.41, 5.74) is 4.81. The maximum atomic E-state index is 13.1. The smallest absolute Gasteiger partial charge is 0.275 e. The number of benzene rings is 2. The molecule has 2 saturated heterocycles. The third-order valence-corrected chi connectivity index (χ3v) is 9.47. The largest absolute Gasteiger partial charge is 0.343 e. The second kappa shape index (κ2) is 12.3. The van der Waals surface area contributed by atoms with Gasteiger partial charge in [0, 0.05) is 48.6 Å². The number of thioether (sulfide) groups is 1. The van der Waals surface area contributed by atoms with E-state index in [0.717, 1.165) is 40.2 Å². The van der Waals surface area contributed by atoms with Crippen LogP contribution in [-0.2, 0) is 9.59 Å². The Kier molecular flexibility index (Phi) is 8.57. The van der Waals surface area contributed by atoms with Crippen molar-refractivity contribution in [1.82, 2.24) is 14.8 Å². The summed E-state index contributed by atoms with van der Waals surface area (Å²) in [6, 6.07) is 16.0. The topological polar surface area (TPSA) is 82.6 Å². The number of hydrogen-bond donors (Lipinski definition) is 1. The second-order valence-electron chi connectivity index (χ2n) is 9.60. The molecule has 2 fully saturated rings. The summed E-state index contributed by atoms with van der Waals surface area (Å²) >= 11 is 8.21. The van der Waals surface area contributed by atoms with Gasteiger partial charge in [-0.3, -0.25) is 9.59 Å². The molecule has 5 rings (SSSR count). The maximum Gasteiger partial charge on any atom is 0.275 e. The van der Waals surface area contributed by atoms with Crippen molar-refractivity contribution < 1.29 is 14.4 Å². The summed E-state index contributed by atoms with van der Waals surface area (Å²) in [5.74, 6) is 2.50. The van der Waals surface area contributed by atoms with Crippen molar-refractivity contribution in [3.63, 3.8) is 0 Å². The fraction of sp³-hybridized carbons (Fsp3) is 0.310. The number of rotatable bonds is 7. The van der Waals surface area contributed by atoms with E-state index in [1.165, 1.54) is 23.1 Å². The third-order valence-electron chi connectivity index (χ3n) is 7.01. The van der Waals surface area contributed by atoms with Crippen LogP contribution in [0.4, 0.5) is 5.69 Å². The average molecular weight is 577 g/mol. The highest BCUT2D eigenvalue weighted by atomic mass is 32.2. The summed E-state index contributed by atoms with van der Waals surface area (Å²) in [6.07, 6.45) is 1.91. The van der Waals surface area contributed by atoms with Gasteiger partial charge in [0.2, 0.25) is 5.91 Å². The molecule has 0 radical (unpaired) electrons. The predicted molar refractivity (Wildman–Crippen MR) is 161 cm³/mol. The van der Waals surface area contributed by atoms with E-state index in [2.05, 4.69) is 16.4 Å². The van der Waals surface area contributed by atoms with Gasteiger partial charge in [0.15, 0.2) is 0 Å². The van der Waals surface area contributed by atoms with Gasteiger partial charge < -0.3 is 15.1 Å². The Hall–Kier alpha value is -3.30. The predicted octanol–water partition coefficient (Wildman–Crippen LogP) is 5.52. The van der Waals surface area contributed by atoms with E-state index in [4.69, 9.17) is 12.2 Å². The summed E-state index contributed by atoms with van der Waals surface area (Å²) in [5, 5.41) is 5.79. The standard InChI is InChI=1S/C29H28N4O3S3/c1-19-7-8-24(23(15-19)20-5-3-2-4-6-20)30-27(36)25-18-38-28(31-25)21-9-12-32(13-10-21)26(35)11-14-33-22(16-34)17-39-29(33)37/h2-8,15,18,21H,9-14,17H2,1H3,(H,30,36). The number of carbonyl (C=O) groups is 2. The molecule has 0 atom stereocenters. The molecule has 2 aliphatic heterocycles. The molecule has 1 aromatic heterocycles. The van der Waals surface area contributed by atoms with Gasteiger partial charge in [-0.25, -0.2) is 9.78 Å². The minimum absolute atomic E-state index is 0.0601. The van der Waals surface area contributed by atoms with Crippen molar-refractivity contribution in [1.29, 1.82) is 0 Å². The zero-order chi connectivity index (χ0) is 27.4. The zero-order valence-electron chi connectivity index (χ0n) is 21.5. The van der Waals surface area contributed by atoms with Crippen molar-refractivity contribution >= 4 is 63.1 Å². The fourth-order valence-corrected chi connectivity index (χ4v) is 7.02. The number of thiocarbonyl (C=S) groups is 1. The normalized spacial score (nSPS) is 15.9.